The van der Waals surface area contributed by atoms with E-state index in [1.54, 1.807) is 0 Å². The zero-order chi connectivity index (χ0) is 11.3. The summed E-state index contributed by atoms with van der Waals surface area (Å²) in [6, 6.07) is 0. The minimum Gasteiger partial charge on any atom is -0.479 e. The summed E-state index contributed by atoms with van der Waals surface area (Å²) in [5.74, 6) is 0.343. The number of ether oxygens (including phenoxy) is 1. The van der Waals surface area contributed by atoms with Crippen molar-refractivity contribution in [2.45, 2.75) is 26.7 Å². The summed E-state index contributed by atoms with van der Waals surface area (Å²) in [6.45, 7) is 3.99. The summed E-state index contributed by atoms with van der Waals surface area (Å²) in [7, 11) is 1.49. The topological polar surface area (TPSA) is 52.1 Å². The molecule has 0 bridgehead atoms. The van der Waals surface area contributed by atoms with Crippen molar-refractivity contribution < 1.29 is 9.53 Å². The predicted molar refractivity (Wildman–Crippen MR) is 57.0 cm³/mol. The monoisotopic (exact) mass is 208 g/mol. The molecule has 1 aromatic rings. The Kier molecular flexibility index (Phi) is 4.21. The standard InChI is InChI=1S/C11H16N2O2/c1-4-8(5-2)10(14)9-11(15-3)13-7-6-12-9/h6-8H,4-5H2,1-3H3. The lowest BCUT2D eigenvalue weighted by molar-refractivity contribution is 0.0904. The molecule has 4 nitrogen and oxygen atoms in total. The Hall–Kier alpha value is -1.45. The van der Waals surface area contributed by atoms with Crippen LogP contribution in [0.3, 0.4) is 0 Å². The molecule has 1 aromatic heterocycles. The van der Waals surface area contributed by atoms with Crippen LogP contribution in [0.4, 0.5) is 0 Å². The van der Waals surface area contributed by atoms with Crippen molar-refractivity contribution in [2.24, 2.45) is 5.92 Å². The molecular weight excluding hydrogens is 192 g/mol. The maximum absolute atomic E-state index is 12.0. The zero-order valence-corrected chi connectivity index (χ0v) is 9.36. The summed E-state index contributed by atoms with van der Waals surface area (Å²) in [4.78, 5) is 20.0. The molecule has 1 heterocycles. The van der Waals surface area contributed by atoms with E-state index in [9.17, 15) is 4.79 Å². The molecule has 0 saturated heterocycles. The lowest BCUT2D eigenvalue weighted by Gasteiger charge is -2.11. The lowest BCUT2D eigenvalue weighted by Crippen LogP contribution is -2.16. The van der Waals surface area contributed by atoms with Gasteiger partial charge in [-0.05, 0) is 12.8 Å². The number of ketones is 1. The van der Waals surface area contributed by atoms with Gasteiger partial charge in [-0.25, -0.2) is 9.97 Å². The van der Waals surface area contributed by atoms with Gasteiger partial charge in [0.1, 0.15) is 0 Å². The molecule has 0 radical (unpaired) electrons. The van der Waals surface area contributed by atoms with Crippen molar-refractivity contribution in [1.29, 1.82) is 0 Å². The van der Waals surface area contributed by atoms with E-state index in [1.807, 2.05) is 13.8 Å². The summed E-state index contributed by atoms with van der Waals surface area (Å²) < 4.78 is 5.01. The summed E-state index contributed by atoms with van der Waals surface area (Å²) in [6.07, 6.45) is 4.66. The van der Waals surface area contributed by atoms with Crippen molar-refractivity contribution in [3.8, 4) is 5.88 Å². The second-order valence-corrected chi connectivity index (χ2v) is 3.29. The smallest absolute Gasteiger partial charge is 0.243 e. The maximum Gasteiger partial charge on any atom is 0.243 e. The molecule has 0 aliphatic rings. The predicted octanol–water partition coefficient (Wildman–Crippen LogP) is 2.10. The van der Waals surface area contributed by atoms with Gasteiger partial charge >= 0.3 is 0 Å². The third kappa shape index (κ3) is 2.52. The van der Waals surface area contributed by atoms with Crippen LogP contribution in [0, 0.1) is 5.92 Å². The van der Waals surface area contributed by atoms with Gasteiger partial charge in [-0.3, -0.25) is 4.79 Å². The molecule has 1 rings (SSSR count). The zero-order valence-electron chi connectivity index (χ0n) is 9.36. The average molecular weight is 208 g/mol. The number of carbonyl (C=O) groups excluding carboxylic acids is 1. The summed E-state index contributed by atoms with van der Waals surface area (Å²) in [5, 5.41) is 0. The van der Waals surface area contributed by atoms with Gasteiger partial charge in [-0.1, -0.05) is 13.8 Å². The summed E-state index contributed by atoms with van der Waals surface area (Å²) >= 11 is 0. The van der Waals surface area contributed by atoms with E-state index in [1.165, 1.54) is 19.5 Å². The highest BCUT2D eigenvalue weighted by molar-refractivity contribution is 5.97. The van der Waals surface area contributed by atoms with Gasteiger partial charge < -0.3 is 4.74 Å². The molecule has 15 heavy (non-hydrogen) atoms. The van der Waals surface area contributed by atoms with Gasteiger partial charge in [-0.15, -0.1) is 0 Å². The van der Waals surface area contributed by atoms with Gasteiger partial charge in [-0.2, -0.15) is 0 Å². The number of nitrogens with zero attached hydrogens (tertiary/aromatic N) is 2. The SMILES string of the molecule is CCC(CC)C(=O)c1nccnc1OC. The number of hydrogen-bond donors (Lipinski definition) is 0. The van der Waals surface area contributed by atoms with E-state index < -0.39 is 0 Å². The highest BCUT2D eigenvalue weighted by Gasteiger charge is 2.21. The van der Waals surface area contributed by atoms with Gasteiger partial charge in [0, 0.05) is 18.3 Å². The first-order valence-corrected chi connectivity index (χ1v) is 5.13. The fraction of sp³-hybridized carbons (Fsp3) is 0.545. The highest BCUT2D eigenvalue weighted by atomic mass is 16.5. The van der Waals surface area contributed by atoms with Crippen molar-refractivity contribution in [2.75, 3.05) is 7.11 Å². The third-order valence-electron chi connectivity index (χ3n) is 2.45. The molecule has 0 saturated carbocycles. The number of carbonyl (C=O) groups is 1. The molecule has 0 spiro atoms. The van der Waals surface area contributed by atoms with Gasteiger partial charge in [0.05, 0.1) is 7.11 Å². The number of aromatic nitrogens is 2. The van der Waals surface area contributed by atoms with E-state index in [0.29, 0.717) is 11.6 Å². The number of methoxy groups -OCH3 is 1. The Morgan fingerprint density at radius 1 is 1.33 bits per heavy atom. The largest absolute Gasteiger partial charge is 0.479 e. The van der Waals surface area contributed by atoms with Crippen LogP contribution in [0.2, 0.25) is 0 Å². The first-order chi connectivity index (χ1) is 7.24. The second kappa shape index (κ2) is 5.44. The lowest BCUT2D eigenvalue weighted by atomic mass is 9.96. The molecule has 82 valence electrons. The van der Waals surface area contributed by atoms with Crippen molar-refractivity contribution in [3.05, 3.63) is 18.1 Å². The molecule has 0 aromatic carbocycles. The van der Waals surface area contributed by atoms with Crippen LogP contribution in [-0.4, -0.2) is 22.9 Å². The van der Waals surface area contributed by atoms with E-state index in [0.717, 1.165) is 12.8 Å². The van der Waals surface area contributed by atoms with Gasteiger partial charge in [0.2, 0.25) is 5.88 Å². The fourth-order valence-corrected chi connectivity index (χ4v) is 1.50. The molecule has 0 fully saturated rings. The van der Waals surface area contributed by atoms with Gasteiger partial charge in [0.25, 0.3) is 0 Å². The quantitative estimate of drug-likeness (QED) is 0.695. The molecular formula is C11H16N2O2. The number of rotatable bonds is 5. The van der Waals surface area contributed by atoms with Crippen LogP contribution in [0.1, 0.15) is 37.2 Å². The van der Waals surface area contributed by atoms with Crippen LogP contribution >= 0.6 is 0 Å². The Bertz CT molecular complexity index is 335. The maximum atomic E-state index is 12.0. The molecule has 0 unspecified atom stereocenters. The Balaban J connectivity index is 2.99. The Morgan fingerprint density at radius 2 is 1.93 bits per heavy atom. The van der Waals surface area contributed by atoms with Gasteiger partial charge in [0.15, 0.2) is 11.5 Å². The summed E-state index contributed by atoms with van der Waals surface area (Å²) in [5.41, 5.74) is 0.341. The second-order valence-electron chi connectivity index (χ2n) is 3.29. The molecule has 0 aliphatic carbocycles. The Labute approximate surface area is 89.7 Å². The average Bonchev–Trinajstić information content (AvgIpc) is 2.30. The first kappa shape index (κ1) is 11.6. The fourth-order valence-electron chi connectivity index (χ4n) is 1.50. The molecule has 0 aliphatic heterocycles. The van der Waals surface area contributed by atoms with Crippen LogP contribution in [0.15, 0.2) is 12.4 Å². The van der Waals surface area contributed by atoms with E-state index in [2.05, 4.69) is 9.97 Å². The van der Waals surface area contributed by atoms with Crippen LogP contribution in [0.5, 0.6) is 5.88 Å². The highest BCUT2D eigenvalue weighted by Crippen LogP contribution is 2.19. The molecule has 0 amide bonds. The van der Waals surface area contributed by atoms with E-state index in [4.69, 9.17) is 4.74 Å². The van der Waals surface area contributed by atoms with Crippen LogP contribution in [-0.2, 0) is 0 Å². The van der Waals surface area contributed by atoms with Crippen molar-refractivity contribution in [3.63, 3.8) is 0 Å². The number of hydrogen-bond acceptors (Lipinski definition) is 4. The van der Waals surface area contributed by atoms with E-state index >= 15 is 0 Å². The first-order valence-electron chi connectivity index (χ1n) is 5.13. The van der Waals surface area contributed by atoms with Crippen molar-refractivity contribution in [1.82, 2.24) is 9.97 Å². The van der Waals surface area contributed by atoms with Crippen molar-refractivity contribution >= 4 is 5.78 Å². The third-order valence-corrected chi connectivity index (χ3v) is 2.45. The molecule has 0 N–H and O–H groups in total. The Morgan fingerprint density at radius 3 is 2.47 bits per heavy atom. The minimum absolute atomic E-state index is 0.00981. The molecule has 0 atom stereocenters. The molecule has 4 heteroatoms. The van der Waals surface area contributed by atoms with E-state index in [-0.39, 0.29) is 11.7 Å². The minimum atomic E-state index is 0.00981. The van der Waals surface area contributed by atoms with Crippen LogP contribution in [0.25, 0.3) is 0 Å². The number of Topliss-reactive ketones (excluding diaryl/α,β-unsaturated/α-hetero) is 1. The normalized spacial score (nSPS) is 10.4. The van der Waals surface area contributed by atoms with Crippen LogP contribution < -0.4 is 4.74 Å².